The molecule has 3 N–H and O–H groups in total. The van der Waals surface area contributed by atoms with Gasteiger partial charge >= 0.3 is 0 Å². The lowest BCUT2D eigenvalue weighted by molar-refractivity contribution is -0.121. The summed E-state index contributed by atoms with van der Waals surface area (Å²) < 4.78 is 5.45. The summed E-state index contributed by atoms with van der Waals surface area (Å²) in [6.07, 6.45) is 0.474. The van der Waals surface area contributed by atoms with Crippen LogP contribution in [-0.2, 0) is 4.79 Å². The van der Waals surface area contributed by atoms with Crippen LogP contribution in [0.2, 0.25) is 0 Å². The molecule has 0 fully saturated rings. The van der Waals surface area contributed by atoms with E-state index < -0.39 is 0 Å². The zero-order chi connectivity index (χ0) is 12.5. The summed E-state index contributed by atoms with van der Waals surface area (Å²) >= 11 is 0. The molecule has 0 saturated heterocycles. The molecule has 17 heavy (non-hydrogen) atoms. The maximum Gasteiger partial charge on any atom is 0.220 e. The molecule has 4 nitrogen and oxygen atoms in total. The summed E-state index contributed by atoms with van der Waals surface area (Å²) in [6, 6.07) is 9.53. The highest BCUT2D eigenvalue weighted by Crippen LogP contribution is 2.07. The predicted molar refractivity (Wildman–Crippen MR) is 67.8 cm³/mol. The molecular weight excluding hydrogens is 216 g/mol. The van der Waals surface area contributed by atoms with E-state index in [0.29, 0.717) is 26.1 Å². The molecule has 0 saturated carbocycles. The maximum atomic E-state index is 11.4. The minimum atomic E-state index is 0.0274. The molecule has 0 aromatic heterocycles. The number of carbonyl (C=O) groups is 1. The van der Waals surface area contributed by atoms with Crippen LogP contribution in [0.25, 0.3) is 0 Å². The Kier molecular flexibility index (Phi) is 6.10. The molecule has 1 amide bonds. The Labute approximate surface area is 102 Å². The van der Waals surface area contributed by atoms with Gasteiger partial charge in [-0.1, -0.05) is 25.1 Å². The second-order valence-electron chi connectivity index (χ2n) is 4.06. The van der Waals surface area contributed by atoms with Crippen LogP contribution in [0, 0.1) is 5.92 Å². The van der Waals surface area contributed by atoms with Gasteiger partial charge in [0.25, 0.3) is 0 Å². The van der Waals surface area contributed by atoms with E-state index in [-0.39, 0.29) is 11.8 Å². The van der Waals surface area contributed by atoms with Gasteiger partial charge in [0, 0.05) is 6.42 Å². The molecule has 1 atom stereocenters. The number of nitrogens with two attached hydrogens (primary N) is 1. The highest BCUT2D eigenvalue weighted by Gasteiger charge is 2.06. The lowest BCUT2D eigenvalue weighted by atomic mass is 10.1. The zero-order valence-electron chi connectivity index (χ0n) is 10.2. The van der Waals surface area contributed by atoms with Crippen LogP contribution in [-0.4, -0.2) is 25.6 Å². The van der Waals surface area contributed by atoms with Gasteiger partial charge in [-0.25, -0.2) is 0 Å². The maximum absolute atomic E-state index is 11.4. The van der Waals surface area contributed by atoms with Crippen molar-refractivity contribution in [3.63, 3.8) is 0 Å². The lowest BCUT2D eigenvalue weighted by Crippen LogP contribution is -2.30. The monoisotopic (exact) mass is 236 g/mol. The van der Waals surface area contributed by atoms with Crippen LogP contribution in [0.1, 0.15) is 13.3 Å². The minimum Gasteiger partial charge on any atom is -0.492 e. The predicted octanol–water partition coefficient (Wildman–Crippen LogP) is 1.17. The third-order valence-electron chi connectivity index (χ3n) is 2.37. The van der Waals surface area contributed by atoms with Crippen LogP contribution < -0.4 is 15.8 Å². The largest absolute Gasteiger partial charge is 0.492 e. The zero-order valence-corrected chi connectivity index (χ0v) is 10.2. The van der Waals surface area contributed by atoms with Crippen molar-refractivity contribution in [3.05, 3.63) is 30.3 Å². The third-order valence-corrected chi connectivity index (χ3v) is 2.37. The Morgan fingerprint density at radius 3 is 2.76 bits per heavy atom. The summed E-state index contributed by atoms with van der Waals surface area (Å²) in [4.78, 5) is 11.4. The summed E-state index contributed by atoms with van der Waals surface area (Å²) in [5.41, 5.74) is 5.45. The van der Waals surface area contributed by atoms with E-state index in [9.17, 15) is 4.79 Å². The Hall–Kier alpha value is -1.55. The molecule has 1 rings (SSSR count). The summed E-state index contributed by atoms with van der Waals surface area (Å²) in [7, 11) is 0. The van der Waals surface area contributed by atoms with Crippen LogP contribution in [0.15, 0.2) is 30.3 Å². The minimum absolute atomic E-state index is 0.0274. The van der Waals surface area contributed by atoms with Crippen molar-refractivity contribution in [2.45, 2.75) is 13.3 Å². The number of rotatable bonds is 7. The van der Waals surface area contributed by atoms with Crippen molar-refractivity contribution in [2.24, 2.45) is 11.7 Å². The first-order valence-electron chi connectivity index (χ1n) is 5.87. The standard InChI is InChI=1S/C13H20N2O2/c1-11(10-14)9-13(16)15-7-8-17-12-5-3-2-4-6-12/h2-6,11H,7-10,14H2,1H3,(H,15,16). The quantitative estimate of drug-likeness (QED) is 0.698. The van der Waals surface area contributed by atoms with E-state index in [0.717, 1.165) is 5.75 Å². The first kappa shape index (κ1) is 13.5. The number of ether oxygens (including phenoxy) is 1. The fourth-order valence-electron chi connectivity index (χ4n) is 1.35. The molecular formula is C13H20N2O2. The van der Waals surface area contributed by atoms with Crippen LogP contribution >= 0.6 is 0 Å². The van der Waals surface area contributed by atoms with Crippen molar-refractivity contribution in [3.8, 4) is 5.75 Å². The van der Waals surface area contributed by atoms with E-state index in [2.05, 4.69) is 5.32 Å². The van der Waals surface area contributed by atoms with Crippen molar-refractivity contribution < 1.29 is 9.53 Å². The Morgan fingerprint density at radius 1 is 1.41 bits per heavy atom. The van der Waals surface area contributed by atoms with Gasteiger partial charge in [0.2, 0.25) is 5.91 Å². The normalized spacial score (nSPS) is 11.9. The molecule has 0 spiro atoms. The van der Waals surface area contributed by atoms with Crippen LogP contribution in [0.3, 0.4) is 0 Å². The molecule has 1 aromatic rings. The summed E-state index contributed by atoms with van der Waals surface area (Å²) in [6.45, 7) is 3.49. The second-order valence-corrected chi connectivity index (χ2v) is 4.06. The highest BCUT2D eigenvalue weighted by molar-refractivity contribution is 5.76. The highest BCUT2D eigenvalue weighted by atomic mass is 16.5. The molecule has 0 aliphatic carbocycles. The number of amides is 1. The SMILES string of the molecule is CC(CN)CC(=O)NCCOc1ccccc1. The van der Waals surface area contributed by atoms with E-state index >= 15 is 0 Å². The number of para-hydroxylation sites is 1. The summed E-state index contributed by atoms with van der Waals surface area (Å²) in [5.74, 6) is 1.07. The number of hydrogen-bond donors (Lipinski definition) is 2. The van der Waals surface area contributed by atoms with Crippen LogP contribution in [0.5, 0.6) is 5.75 Å². The smallest absolute Gasteiger partial charge is 0.220 e. The van der Waals surface area contributed by atoms with Crippen molar-refractivity contribution >= 4 is 5.91 Å². The lowest BCUT2D eigenvalue weighted by Gasteiger charge is -2.10. The Bertz CT molecular complexity index is 327. The Morgan fingerprint density at radius 2 is 2.12 bits per heavy atom. The molecule has 0 aliphatic heterocycles. The van der Waals surface area contributed by atoms with Gasteiger partial charge in [0.1, 0.15) is 12.4 Å². The first-order valence-corrected chi connectivity index (χ1v) is 5.87. The fourth-order valence-corrected chi connectivity index (χ4v) is 1.35. The molecule has 1 unspecified atom stereocenters. The molecule has 0 bridgehead atoms. The van der Waals surface area contributed by atoms with Crippen molar-refractivity contribution in [1.82, 2.24) is 5.32 Å². The van der Waals surface area contributed by atoms with Gasteiger partial charge in [0.15, 0.2) is 0 Å². The molecule has 94 valence electrons. The van der Waals surface area contributed by atoms with Gasteiger partial charge < -0.3 is 15.8 Å². The van der Waals surface area contributed by atoms with Gasteiger partial charge in [0.05, 0.1) is 6.54 Å². The second kappa shape index (κ2) is 7.68. The van der Waals surface area contributed by atoms with E-state index in [4.69, 9.17) is 10.5 Å². The summed E-state index contributed by atoms with van der Waals surface area (Å²) in [5, 5.41) is 2.80. The number of nitrogens with one attached hydrogen (secondary N) is 1. The fraction of sp³-hybridized carbons (Fsp3) is 0.462. The van der Waals surface area contributed by atoms with E-state index in [1.807, 2.05) is 37.3 Å². The number of carbonyl (C=O) groups excluding carboxylic acids is 1. The average molecular weight is 236 g/mol. The molecule has 0 radical (unpaired) electrons. The van der Waals surface area contributed by atoms with E-state index in [1.54, 1.807) is 0 Å². The topological polar surface area (TPSA) is 64.4 Å². The van der Waals surface area contributed by atoms with Gasteiger partial charge in [-0.05, 0) is 24.6 Å². The van der Waals surface area contributed by atoms with Gasteiger partial charge in [-0.3, -0.25) is 4.79 Å². The van der Waals surface area contributed by atoms with E-state index in [1.165, 1.54) is 0 Å². The van der Waals surface area contributed by atoms with Gasteiger partial charge in [-0.2, -0.15) is 0 Å². The van der Waals surface area contributed by atoms with Crippen LogP contribution in [0.4, 0.5) is 0 Å². The first-order chi connectivity index (χ1) is 8.22. The molecule has 4 heteroatoms. The van der Waals surface area contributed by atoms with Gasteiger partial charge in [-0.15, -0.1) is 0 Å². The molecule has 0 aliphatic rings. The number of benzene rings is 1. The van der Waals surface area contributed by atoms with Crippen molar-refractivity contribution in [2.75, 3.05) is 19.7 Å². The van der Waals surface area contributed by atoms with Crippen molar-refractivity contribution in [1.29, 1.82) is 0 Å². The molecule has 1 aromatic carbocycles. The third kappa shape index (κ3) is 5.92. The average Bonchev–Trinajstić information content (AvgIpc) is 2.36. The Balaban J connectivity index is 2.10. The molecule has 0 heterocycles. The number of hydrogen-bond acceptors (Lipinski definition) is 3.